The molecule has 16 heavy (non-hydrogen) atoms. The molecule has 1 aromatic heterocycles. The lowest BCUT2D eigenvalue weighted by atomic mass is 10.2. The molecular weight excluding hydrogens is 256 g/mol. The zero-order valence-electron chi connectivity index (χ0n) is 8.67. The van der Waals surface area contributed by atoms with Gasteiger partial charge in [-0.2, -0.15) is 0 Å². The summed E-state index contributed by atoms with van der Waals surface area (Å²) < 4.78 is 6.07. The van der Waals surface area contributed by atoms with E-state index in [1.165, 1.54) is 4.88 Å². The summed E-state index contributed by atoms with van der Waals surface area (Å²) >= 11 is 8.33. The number of benzene rings is 1. The number of hydrogen-bond donors (Lipinski definition) is 0. The molecule has 4 heteroatoms. The van der Waals surface area contributed by atoms with Crippen LogP contribution in [0.4, 0.5) is 0 Å². The summed E-state index contributed by atoms with van der Waals surface area (Å²) in [5.41, 5.74) is 1.16. The van der Waals surface area contributed by atoms with E-state index >= 15 is 0 Å². The molecule has 0 aliphatic rings. The summed E-state index contributed by atoms with van der Waals surface area (Å²) in [6.07, 6.45) is 4.16. The summed E-state index contributed by atoms with van der Waals surface area (Å²) in [6.45, 7) is 0. The van der Waals surface area contributed by atoms with E-state index in [9.17, 15) is 0 Å². The van der Waals surface area contributed by atoms with Crippen LogP contribution >= 0.6 is 34.9 Å². The van der Waals surface area contributed by atoms with E-state index in [4.69, 9.17) is 17.0 Å². The summed E-state index contributed by atoms with van der Waals surface area (Å²) in [6, 6.07) is 7.96. The van der Waals surface area contributed by atoms with Gasteiger partial charge < -0.3 is 4.74 Å². The van der Waals surface area contributed by atoms with Crippen LogP contribution in [0.3, 0.4) is 0 Å². The topological polar surface area (TPSA) is 9.23 Å². The summed E-state index contributed by atoms with van der Waals surface area (Å²) in [4.78, 5) is 1.20. The fourth-order valence-corrected chi connectivity index (χ4v) is 3.23. The molecule has 2 rings (SSSR count). The van der Waals surface area contributed by atoms with Crippen molar-refractivity contribution in [1.29, 1.82) is 0 Å². The van der Waals surface area contributed by atoms with Crippen molar-refractivity contribution >= 4 is 47.0 Å². The lowest BCUT2D eigenvalue weighted by molar-refractivity contribution is 0.415. The highest BCUT2D eigenvalue weighted by Crippen LogP contribution is 2.20. The molecule has 0 radical (unpaired) electrons. The van der Waals surface area contributed by atoms with Gasteiger partial charge in [-0.05, 0) is 23.8 Å². The van der Waals surface area contributed by atoms with Gasteiger partial charge in [-0.25, -0.2) is 0 Å². The molecule has 1 nitrogen and oxygen atoms in total. The quantitative estimate of drug-likeness (QED) is 0.744. The van der Waals surface area contributed by atoms with Gasteiger partial charge in [0.25, 0.3) is 0 Å². The predicted octanol–water partition coefficient (Wildman–Crippen LogP) is 4.72. The molecule has 0 amide bonds. The molecule has 0 saturated heterocycles. The molecule has 1 aromatic carbocycles. The third-order valence-corrected chi connectivity index (χ3v) is 4.48. The molecule has 0 aliphatic heterocycles. The monoisotopic (exact) mass is 266 g/mol. The normalized spacial score (nSPS) is 10.8. The van der Waals surface area contributed by atoms with Gasteiger partial charge in [0.1, 0.15) is 8.89 Å². The molecule has 0 unspecified atom stereocenters. The Morgan fingerprint density at radius 2 is 1.94 bits per heavy atom. The van der Waals surface area contributed by atoms with Crippen LogP contribution in [0.2, 0.25) is 0 Å². The van der Waals surface area contributed by atoms with Gasteiger partial charge >= 0.3 is 0 Å². The second-order valence-electron chi connectivity index (χ2n) is 3.10. The molecule has 0 bridgehead atoms. The number of methoxy groups -OCH3 is 1. The largest absolute Gasteiger partial charge is 0.497 e. The Balaban J connectivity index is 2.14. The van der Waals surface area contributed by atoms with E-state index in [1.807, 2.05) is 24.3 Å². The van der Waals surface area contributed by atoms with Gasteiger partial charge in [0, 0.05) is 10.3 Å². The van der Waals surface area contributed by atoms with Gasteiger partial charge in [-0.3, -0.25) is 0 Å². The minimum absolute atomic E-state index is 0.878. The first kappa shape index (κ1) is 11.5. The molecule has 1 heterocycles. The van der Waals surface area contributed by atoms with Crippen LogP contribution in [-0.2, 0) is 0 Å². The van der Waals surface area contributed by atoms with Crippen molar-refractivity contribution < 1.29 is 4.74 Å². The molecule has 82 valence electrons. The van der Waals surface area contributed by atoms with Gasteiger partial charge in [0.15, 0.2) is 0 Å². The van der Waals surface area contributed by atoms with Gasteiger partial charge in [-0.15, -0.1) is 22.7 Å². The lowest BCUT2D eigenvalue weighted by Gasteiger charge is -1.98. The standard InChI is InChI=1S/C12H10OS3/c1-13-10-5-2-9(3-6-10)4-7-11-8-15-12(14)16-11/h2-8H,1H3/b7-4+. The fourth-order valence-electron chi connectivity index (χ4n) is 1.22. The van der Waals surface area contributed by atoms with Crippen molar-refractivity contribution in [2.24, 2.45) is 0 Å². The molecular formula is C12H10OS3. The third-order valence-electron chi connectivity index (χ3n) is 2.03. The zero-order valence-corrected chi connectivity index (χ0v) is 11.1. The van der Waals surface area contributed by atoms with Gasteiger partial charge in [0.05, 0.1) is 7.11 Å². The van der Waals surface area contributed by atoms with Crippen molar-refractivity contribution in [1.82, 2.24) is 0 Å². The highest BCUT2D eigenvalue weighted by Gasteiger charge is 1.92. The Labute approximate surface area is 108 Å². The van der Waals surface area contributed by atoms with Gasteiger partial charge in [-0.1, -0.05) is 30.4 Å². The highest BCUT2D eigenvalue weighted by molar-refractivity contribution is 7.76. The van der Waals surface area contributed by atoms with Crippen molar-refractivity contribution in [3.63, 3.8) is 0 Å². The van der Waals surface area contributed by atoms with Crippen LogP contribution in [0.5, 0.6) is 5.75 Å². The fraction of sp³-hybridized carbons (Fsp3) is 0.0833. The van der Waals surface area contributed by atoms with Crippen LogP contribution in [0, 0.1) is 3.14 Å². The molecule has 0 saturated carbocycles. The van der Waals surface area contributed by atoms with E-state index in [0.717, 1.165) is 14.5 Å². The minimum atomic E-state index is 0.878. The van der Waals surface area contributed by atoms with Gasteiger partial charge in [0.2, 0.25) is 0 Å². The molecule has 0 spiro atoms. The Bertz CT molecular complexity index is 534. The third kappa shape index (κ3) is 3.01. The Morgan fingerprint density at radius 3 is 2.50 bits per heavy atom. The van der Waals surface area contributed by atoms with Crippen molar-refractivity contribution in [3.05, 3.63) is 43.2 Å². The Morgan fingerprint density at radius 1 is 1.19 bits per heavy atom. The van der Waals surface area contributed by atoms with E-state index in [0.29, 0.717) is 0 Å². The average Bonchev–Trinajstić information content (AvgIpc) is 2.73. The van der Waals surface area contributed by atoms with E-state index in [2.05, 4.69) is 17.5 Å². The maximum Gasteiger partial charge on any atom is 0.144 e. The summed E-state index contributed by atoms with van der Waals surface area (Å²) in [5.74, 6) is 0.878. The number of ether oxygens (including phenoxy) is 1. The summed E-state index contributed by atoms with van der Waals surface area (Å²) in [7, 11) is 1.67. The first-order chi connectivity index (χ1) is 7.78. The van der Waals surface area contributed by atoms with Crippen LogP contribution in [0.1, 0.15) is 10.4 Å². The molecule has 0 aliphatic carbocycles. The smallest absolute Gasteiger partial charge is 0.144 e. The predicted molar refractivity (Wildman–Crippen MR) is 75.0 cm³/mol. The molecule has 0 N–H and O–H groups in total. The van der Waals surface area contributed by atoms with Crippen molar-refractivity contribution in [3.8, 4) is 5.75 Å². The van der Waals surface area contributed by atoms with Crippen molar-refractivity contribution in [2.75, 3.05) is 7.11 Å². The van der Waals surface area contributed by atoms with E-state index in [1.54, 1.807) is 29.8 Å². The van der Waals surface area contributed by atoms with Crippen LogP contribution in [0.25, 0.3) is 12.2 Å². The molecule has 2 aromatic rings. The first-order valence-electron chi connectivity index (χ1n) is 4.69. The Hall–Kier alpha value is -0.970. The highest BCUT2D eigenvalue weighted by atomic mass is 32.2. The molecule has 0 fully saturated rings. The Kier molecular flexibility index (Phi) is 3.88. The number of hydrogen-bond acceptors (Lipinski definition) is 4. The minimum Gasteiger partial charge on any atom is -0.497 e. The number of rotatable bonds is 3. The van der Waals surface area contributed by atoms with E-state index < -0.39 is 0 Å². The maximum absolute atomic E-state index is 5.10. The van der Waals surface area contributed by atoms with Crippen LogP contribution < -0.4 is 4.74 Å². The van der Waals surface area contributed by atoms with Crippen LogP contribution in [-0.4, -0.2) is 7.11 Å². The maximum atomic E-state index is 5.10. The van der Waals surface area contributed by atoms with Crippen LogP contribution in [0.15, 0.2) is 29.6 Å². The lowest BCUT2D eigenvalue weighted by Crippen LogP contribution is -1.81. The molecule has 0 atom stereocenters. The second kappa shape index (κ2) is 5.39. The zero-order chi connectivity index (χ0) is 11.4. The second-order valence-corrected chi connectivity index (χ2v) is 6.24. The average molecular weight is 266 g/mol. The van der Waals surface area contributed by atoms with E-state index in [-0.39, 0.29) is 0 Å². The first-order valence-corrected chi connectivity index (χ1v) is 6.79. The SMILES string of the molecule is COc1ccc(/C=C/c2csc(=S)s2)cc1. The summed E-state index contributed by atoms with van der Waals surface area (Å²) in [5, 5.41) is 2.08. The van der Waals surface area contributed by atoms with Crippen molar-refractivity contribution in [2.45, 2.75) is 0 Å².